The van der Waals surface area contributed by atoms with E-state index in [0.29, 0.717) is 12.8 Å². The van der Waals surface area contributed by atoms with Gasteiger partial charge in [-0.05, 0) is 24.1 Å². The summed E-state index contributed by atoms with van der Waals surface area (Å²) in [5, 5.41) is 2.88. The van der Waals surface area contributed by atoms with Crippen LogP contribution in [-0.2, 0) is 16.0 Å². The lowest BCUT2D eigenvalue weighted by Crippen LogP contribution is -2.27. The number of anilines is 1. The van der Waals surface area contributed by atoms with Crippen LogP contribution < -0.4 is 5.32 Å². The highest BCUT2D eigenvalue weighted by molar-refractivity contribution is 5.94. The predicted octanol–water partition coefficient (Wildman–Crippen LogP) is 2.69. The fourth-order valence-corrected chi connectivity index (χ4v) is 1.55. The van der Waals surface area contributed by atoms with Crippen molar-refractivity contribution in [2.75, 3.05) is 19.4 Å². The van der Waals surface area contributed by atoms with E-state index < -0.39 is 5.41 Å². The van der Waals surface area contributed by atoms with Crippen LogP contribution in [0.3, 0.4) is 0 Å². The highest BCUT2D eigenvalue weighted by atomic mass is 16.2. The number of amides is 2. The molecule has 1 aromatic carbocycles. The Hall–Kier alpha value is -1.84. The first-order valence-electron chi connectivity index (χ1n) is 6.80. The zero-order chi connectivity index (χ0) is 15.3. The van der Waals surface area contributed by atoms with Gasteiger partial charge in [-0.25, -0.2) is 0 Å². The van der Waals surface area contributed by atoms with Crippen LogP contribution in [0.25, 0.3) is 0 Å². The number of carbonyl (C=O) groups is 2. The van der Waals surface area contributed by atoms with Crippen LogP contribution in [0.5, 0.6) is 0 Å². The number of nitrogens with zero attached hydrogens (tertiary/aromatic N) is 1. The van der Waals surface area contributed by atoms with Crippen molar-refractivity contribution in [3.63, 3.8) is 0 Å². The number of benzene rings is 1. The Kier molecular flexibility index (Phi) is 5.31. The Labute approximate surface area is 121 Å². The van der Waals surface area contributed by atoms with Crippen molar-refractivity contribution in [2.45, 2.75) is 33.6 Å². The maximum atomic E-state index is 11.8. The van der Waals surface area contributed by atoms with E-state index in [1.807, 2.05) is 45.0 Å². The third-order valence-corrected chi connectivity index (χ3v) is 3.02. The number of aryl methyl sites for hydroxylation is 1. The lowest BCUT2D eigenvalue weighted by atomic mass is 9.95. The van der Waals surface area contributed by atoms with E-state index in [9.17, 15) is 9.59 Å². The molecule has 0 saturated heterocycles. The maximum absolute atomic E-state index is 11.8. The van der Waals surface area contributed by atoms with Gasteiger partial charge < -0.3 is 10.2 Å². The van der Waals surface area contributed by atoms with E-state index in [4.69, 9.17) is 0 Å². The van der Waals surface area contributed by atoms with Crippen LogP contribution in [-0.4, -0.2) is 30.8 Å². The fraction of sp³-hybridized carbons (Fsp3) is 0.500. The normalized spacial score (nSPS) is 11.1. The van der Waals surface area contributed by atoms with Crippen molar-refractivity contribution < 1.29 is 9.59 Å². The molecule has 0 aliphatic rings. The number of carbonyl (C=O) groups excluding carboxylic acids is 2. The lowest BCUT2D eigenvalue weighted by Gasteiger charge is -2.17. The first kappa shape index (κ1) is 16.2. The van der Waals surface area contributed by atoms with Crippen molar-refractivity contribution >= 4 is 17.5 Å². The summed E-state index contributed by atoms with van der Waals surface area (Å²) in [6.07, 6.45) is 1.21. The van der Waals surface area contributed by atoms with Gasteiger partial charge in [-0.15, -0.1) is 0 Å². The summed E-state index contributed by atoms with van der Waals surface area (Å²) in [4.78, 5) is 25.0. The highest BCUT2D eigenvalue weighted by Gasteiger charge is 2.20. The van der Waals surface area contributed by atoms with Gasteiger partial charge in [-0.3, -0.25) is 9.59 Å². The minimum Gasteiger partial charge on any atom is -0.349 e. The molecule has 110 valence electrons. The Morgan fingerprint density at radius 3 is 2.10 bits per heavy atom. The summed E-state index contributed by atoms with van der Waals surface area (Å²) in [5.41, 5.74) is 1.47. The van der Waals surface area contributed by atoms with Gasteiger partial charge in [-0.2, -0.15) is 0 Å². The molecule has 4 nitrogen and oxygen atoms in total. The third kappa shape index (κ3) is 5.03. The van der Waals surface area contributed by atoms with Gasteiger partial charge in [0.1, 0.15) is 0 Å². The topological polar surface area (TPSA) is 49.4 Å². The Balaban J connectivity index is 2.57. The quantitative estimate of drug-likeness (QED) is 0.919. The van der Waals surface area contributed by atoms with Crippen LogP contribution in [0, 0.1) is 5.41 Å². The predicted molar refractivity (Wildman–Crippen MR) is 81.5 cm³/mol. The van der Waals surface area contributed by atoms with Crippen LogP contribution in [0.4, 0.5) is 5.69 Å². The molecule has 1 N–H and O–H groups in total. The summed E-state index contributed by atoms with van der Waals surface area (Å²) in [5.74, 6) is 0.114. The summed E-state index contributed by atoms with van der Waals surface area (Å²) >= 11 is 0. The Morgan fingerprint density at radius 1 is 1.10 bits per heavy atom. The molecular formula is C16H24N2O2. The summed E-state index contributed by atoms with van der Waals surface area (Å²) in [7, 11) is 3.51. The van der Waals surface area contributed by atoms with Gasteiger partial charge >= 0.3 is 0 Å². The summed E-state index contributed by atoms with van der Waals surface area (Å²) < 4.78 is 0. The van der Waals surface area contributed by atoms with Crippen molar-refractivity contribution in [3.8, 4) is 0 Å². The molecule has 0 radical (unpaired) electrons. The number of hydrogen-bond donors (Lipinski definition) is 1. The lowest BCUT2D eigenvalue weighted by molar-refractivity contribution is -0.128. The molecule has 2 amide bonds. The maximum Gasteiger partial charge on any atom is 0.229 e. The monoisotopic (exact) mass is 276 g/mol. The molecule has 0 aliphatic carbocycles. The second kappa shape index (κ2) is 6.55. The number of nitrogens with one attached hydrogen (secondary N) is 1. The summed E-state index contributed by atoms with van der Waals surface area (Å²) in [6.45, 7) is 5.64. The molecule has 0 bridgehead atoms. The molecule has 0 aromatic heterocycles. The van der Waals surface area contributed by atoms with E-state index in [2.05, 4.69) is 5.32 Å². The van der Waals surface area contributed by atoms with Crippen molar-refractivity contribution in [1.82, 2.24) is 4.90 Å². The highest BCUT2D eigenvalue weighted by Crippen LogP contribution is 2.18. The molecular weight excluding hydrogens is 252 g/mol. The van der Waals surface area contributed by atoms with Gasteiger partial charge in [0.15, 0.2) is 0 Å². The van der Waals surface area contributed by atoms with Crippen LogP contribution in [0.1, 0.15) is 32.8 Å². The van der Waals surface area contributed by atoms with Crippen LogP contribution in [0.15, 0.2) is 24.3 Å². The molecule has 0 spiro atoms. The second-order valence-corrected chi connectivity index (χ2v) is 6.19. The van der Waals surface area contributed by atoms with E-state index in [1.54, 1.807) is 19.0 Å². The van der Waals surface area contributed by atoms with Crippen molar-refractivity contribution in [1.29, 1.82) is 0 Å². The number of hydrogen-bond acceptors (Lipinski definition) is 2. The Bertz CT molecular complexity index is 470. The van der Waals surface area contributed by atoms with Gasteiger partial charge in [0.05, 0.1) is 0 Å². The average Bonchev–Trinajstić information content (AvgIpc) is 2.36. The molecule has 1 rings (SSSR count). The molecule has 0 atom stereocenters. The zero-order valence-electron chi connectivity index (χ0n) is 13.0. The zero-order valence-corrected chi connectivity index (χ0v) is 13.0. The molecule has 4 heteroatoms. The average molecular weight is 276 g/mol. The first-order valence-corrected chi connectivity index (χ1v) is 6.80. The smallest absolute Gasteiger partial charge is 0.229 e. The first-order chi connectivity index (χ1) is 9.20. The van der Waals surface area contributed by atoms with Crippen LogP contribution >= 0.6 is 0 Å². The third-order valence-electron chi connectivity index (χ3n) is 3.02. The van der Waals surface area contributed by atoms with Gasteiger partial charge in [0.2, 0.25) is 11.8 Å². The SMILES string of the molecule is CN(C)C(=O)CCc1ccc(NC(=O)C(C)(C)C)cc1. The van der Waals surface area contributed by atoms with E-state index in [-0.39, 0.29) is 11.8 Å². The van der Waals surface area contributed by atoms with Crippen molar-refractivity contribution in [3.05, 3.63) is 29.8 Å². The molecule has 0 saturated carbocycles. The van der Waals surface area contributed by atoms with Crippen LogP contribution in [0.2, 0.25) is 0 Å². The Morgan fingerprint density at radius 2 is 1.65 bits per heavy atom. The number of rotatable bonds is 4. The molecule has 1 aromatic rings. The minimum atomic E-state index is -0.406. The largest absolute Gasteiger partial charge is 0.349 e. The fourth-order valence-electron chi connectivity index (χ4n) is 1.55. The van der Waals surface area contributed by atoms with Gasteiger partial charge in [-0.1, -0.05) is 32.9 Å². The van der Waals surface area contributed by atoms with Gasteiger partial charge in [0.25, 0.3) is 0 Å². The van der Waals surface area contributed by atoms with Crippen molar-refractivity contribution in [2.24, 2.45) is 5.41 Å². The minimum absolute atomic E-state index is 0.00645. The van der Waals surface area contributed by atoms with E-state index in [1.165, 1.54) is 0 Å². The molecule has 0 unspecified atom stereocenters. The standard InChI is InChI=1S/C16H24N2O2/c1-16(2,3)15(20)17-13-9-6-12(7-10-13)8-11-14(19)18(4)5/h6-7,9-10H,8,11H2,1-5H3,(H,17,20). The van der Waals surface area contributed by atoms with E-state index in [0.717, 1.165) is 11.3 Å². The summed E-state index contributed by atoms with van der Waals surface area (Å²) in [6, 6.07) is 7.64. The molecule has 20 heavy (non-hydrogen) atoms. The second-order valence-electron chi connectivity index (χ2n) is 6.19. The molecule has 0 heterocycles. The van der Waals surface area contributed by atoms with E-state index >= 15 is 0 Å². The molecule has 0 aliphatic heterocycles. The molecule has 0 fully saturated rings. The van der Waals surface area contributed by atoms with Gasteiger partial charge in [0, 0.05) is 31.6 Å².